The quantitative estimate of drug-likeness (QED) is 0.770. The van der Waals surface area contributed by atoms with E-state index in [0.717, 1.165) is 23.0 Å². The number of halogens is 1. The first-order valence-electron chi connectivity index (χ1n) is 6.33. The zero-order valence-corrected chi connectivity index (χ0v) is 11.7. The summed E-state index contributed by atoms with van der Waals surface area (Å²) in [6.45, 7) is 8.07. The molecule has 0 aliphatic carbocycles. The van der Waals surface area contributed by atoms with Crippen LogP contribution < -0.4 is 10.1 Å². The zero-order valence-electron chi connectivity index (χ0n) is 10.9. The van der Waals surface area contributed by atoms with Crippen LogP contribution in [0.4, 0.5) is 5.69 Å². The van der Waals surface area contributed by atoms with Crippen molar-refractivity contribution < 1.29 is 4.74 Å². The molecule has 17 heavy (non-hydrogen) atoms. The van der Waals surface area contributed by atoms with E-state index in [1.165, 1.54) is 12.8 Å². The molecule has 0 saturated carbocycles. The Morgan fingerprint density at radius 2 is 2.12 bits per heavy atom. The average Bonchev–Trinajstić information content (AvgIpc) is 2.30. The molecule has 0 heterocycles. The number of rotatable bonds is 7. The van der Waals surface area contributed by atoms with Crippen LogP contribution in [0, 0.1) is 5.92 Å². The van der Waals surface area contributed by atoms with E-state index in [9.17, 15) is 0 Å². The Morgan fingerprint density at radius 1 is 1.35 bits per heavy atom. The molecule has 0 bridgehead atoms. The summed E-state index contributed by atoms with van der Waals surface area (Å²) < 4.78 is 5.56. The summed E-state index contributed by atoms with van der Waals surface area (Å²) in [5.74, 6) is 1.54. The van der Waals surface area contributed by atoms with Crippen LogP contribution in [0.15, 0.2) is 18.2 Å². The topological polar surface area (TPSA) is 21.3 Å². The fraction of sp³-hybridized carbons (Fsp3) is 0.571. The molecule has 0 fully saturated rings. The molecule has 0 radical (unpaired) electrons. The first-order chi connectivity index (χ1) is 8.17. The number of ether oxygens (including phenoxy) is 1. The van der Waals surface area contributed by atoms with Crippen LogP contribution in [-0.4, -0.2) is 13.2 Å². The predicted octanol–water partition coefficient (Wildman–Crippen LogP) is 4.59. The molecule has 2 nitrogen and oxygen atoms in total. The van der Waals surface area contributed by atoms with Crippen LogP contribution in [-0.2, 0) is 0 Å². The van der Waals surface area contributed by atoms with Crippen molar-refractivity contribution in [2.45, 2.75) is 33.6 Å². The third kappa shape index (κ3) is 4.86. The maximum atomic E-state index is 6.00. The molecular weight excluding hydrogens is 234 g/mol. The number of hydrogen-bond donors (Lipinski definition) is 1. The largest absolute Gasteiger partial charge is 0.492 e. The Labute approximate surface area is 109 Å². The van der Waals surface area contributed by atoms with Gasteiger partial charge in [0, 0.05) is 11.6 Å². The minimum atomic E-state index is 0.661. The lowest BCUT2D eigenvalue weighted by Gasteiger charge is -2.16. The van der Waals surface area contributed by atoms with Crippen molar-refractivity contribution in [2.24, 2.45) is 5.92 Å². The van der Waals surface area contributed by atoms with E-state index in [1.54, 1.807) is 0 Å². The van der Waals surface area contributed by atoms with Gasteiger partial charge >= 0.3 is 0 Å². The Kier molecular flexibility index (Phi) is 6.20. The van der Waals surface area contributed by atoms with Crippen molar-refractivity contribution in [1.82, 2.24) is 0 Å². The van der Waals surface area contributed by atoms with Gasteiger partial charge in [-0.3, -0.25) is 0 Å². The second kappa shape index (κ2) is 7.44. The Balaban J connectivity index is 2.64. The minimum Gasteiger partial charge on any atom is -0.492 e. The molecule has 1 atom stereocenters. The summed E-state index contributed by atoms with van der Waals surface area (Å²) in [6, 6.07) is 5.69. The summed E-state index contributed by atoms with van der Waals surface area (Å²) in [5, 5.41) is 4.15. The molecule has 0 aliphatic heterocycles. The van der Waals surface area contributed by atoms with Gasteiger partial charge in [0.25, 0.3) is 0 Å². The van der Waals surface area contributed by atoms with Gasteiger partial charge in [0.2, 0.25) is 0 Å². The van der Waals surface area contributed by atoms with Crippen molar-refractivity contribution in [3.8, 4) is 5.75 Å². The third-order valence-electron chi connectivity index (χ3n) is 2.66. The number of anilines is 1. The fourth-order valence-corrected chi connectivity index (χ4v) is 1.97. The first-order valence-corrected chi connectivity index (χ1v) is 6.71. The van der Waals surface area contributed by atoms with Gasteiger partial charge < -0.3 is 10.1 Å². The van der Waals surface area contributed by atoms with Crippen LogP contribution in [0.25, 0.3) is 0 Å². The summed E-state index contributed by atoms with van der Waals surface area (Å²) >= 11 is 6.00. The second-order valence-electron chi connectivity index (χ2n) is 4.35. The van der Waals surface area contributed by atoms with Gasteiger partial charge in [0.05, 0.1) is 12.3 Å². The minimum absolute atomic E-state index is 0.661. The van der Waals surface area contributed by atoms with Gasteiger partial charge in [-0.2, -0.15) is 0 Å². The Morgan fingerprint density at radius 3 is 2.76 bits per heavy atom. The van der Waals surface area contributed by atoms with Crippen LogP contribution in [0.2, 0.25) is 5.02 Å². The van der Waals surface area contributed by atoms with Crippen LogP contribution >= 0.6 is 11.6 Å². The van der Waals surface area contributed by atoms with Crippen molar-refractivity contribution in [2.75, 3.05) is 18.5 Å². The highest BCUT2D eigenvalue weighted by Gasteiger charge is 2.06. The maximum Gasteiger partial charge on any atom is 0.142 e. The SMILES string of the molecule is CCCC(C)CNc1cc(Cl)ccc1OCC. The molecule has 3 heteroatoms. The summed E-state index contributed by atoms with van der Waals surface area (Å²) in [5.41, 5.74) is 0.988. The molecule has 1 aromatic carbocycles. The zero-order chi connectivity index (χ0) is 12.7. The molecule has 0 aromatic heterocycles. The predicted molar refractivity (Wildman–Crippen MR) is 75.2 cm³/mol. The number of nitrogens with one attached hydrogen (secondary N) is 1. The number of benzene rings is 1. The first kappa shape index (κ1) is 14.2. The van der Waals surface area contributed by atoms with Crippen LogP contribution in [0.1, 0.15) is 33.6 Å². The lowest BCUT2D eigenvalue weighted by atomic mass is 10.1. The maximum absolute atomic E-state index is 6.00. The highest BCUT2D eigenvalue weighted by molar-refractivity contribution is 6.30. The Bertz CT molecular complexity index is 341. The van der Waals surface area contributed by atoms with Gasteiger partial charge in [-0.15, -0.1) is 0 Å². The molecular formula is C14H22ClNO. The molecule has 0 spiro atoms. The molecule has 1 unspecified atom stereocenters. The molecule has 0 saturated heterocycles. The van der Waals surface area contributed by atoms with E-state index in [2.05, 4.69) is 19.2 Å². The van der Waals surface area contributed by atoms with Crippen molar-refractivity contribution in [3.63, 3.8) is 0 Å². The molecule has 96 valence electrons. The molecule has 0 amide bonds. The van der Waals surface area contributed by atoms with E-state index in [0.29, 0.717) is 12.5 Å². The van der Waals surface area contributed by atoms with E-state index < -0.39 is 0 Å². The van der Waals surface area contributed by atoms with Gasteiger partial charge in [-0.25, -0.2) is 0 Å². The lowest BCUT2D eigenvalue weighted by Crippen LogP contribution is -2.12. The van der Waals surface area contributed by atoms with Gasteiger partial charge in [-0.1, -0.05) is 31.9 Å². The normalized spacial score (nSPS) is 12.2. The lowest BCUT2D eigenvalue weighted by molar-refractivity contribution is 0.341. The third-order valence-corrected chi connectivity index (χ3v) is 2.90. The summed E-state index contributed by atoms with van der Waals surface area (Å²) in [6.07, 6.45) is 2.45. The van der Waals surface area contributed by atoms with Crippen molar-refractivity contribution in [1.29, 1.82) is 0 Å². The Hall–Kier alpha value is -0.890. The van der Waals surface area contributed by atoms with E-state index in [1.807, 2.05) is 25.1 Å². The van der Waals surface area contributed by atoms with Gasteiger partial charge in [0.15, 0.2) is 0 Å². The van der Waals surface area contributed by atoms with Crippen LogP contribution in [0.5, 0.6) is 5.75 Å². The highest BCUT2D eigenvalue weighted by Crippen LogP contribution is 2.28. The smallest absolute Gasteiger partial charge is 0.142 e. The van der Waals surface area contributed by atoms with E-state index in [4.69, 9.17) is 16.3 Å². The van der Waals surface area contributed by atoms with Crippen molar-refractivity contribution in [3.05, 3.63) is 23.2 Å². The van der Waals surface area contributed by atoms with Gasteiger partial charge in [-0.05, 0) is 37.5 Å². The summed E-state index contributed by atoms with van der Waals surface area (Å²) in [7, 11) is 0. The second-order valence-corrected chi connectivity index (χ2v) is 4.78. The highest BCUT2D eigenvalue weighted by atomic mass is 35.5. The summed E-state index contributed by atoms with van der Waals surface area (Å²) in [4.78, 5) is 0. The van der Waals surface area contributed by atoms with E-state index in [-0.39, 0.29) is 0 Å². The van der Waals surface area contributed by atoms with Gasteiger partial charge in [0.1, 0.15) is 5.75 Å². The molecule has 1 N–H and O–H groups in total. The average molecular weight is 256 g/mol. The molecule has 1 rings (SSSR count). The molecule has 0 aliphatic rings. The van der Waals surface area contributed by atoms with E-state index >= 15 is 0 Å². The fourth-order valence-electron chi connectivity index (χ4n) is 1.80. The van der Waals surface area contributed by atoms with Crippen molar-refractivity contribution >= 4 is 17.3 Å². The number of hydrogen-bond acceptors (Lipinski definition) is 2. The monoisotopic (exact) mass is 255 g/mol. The standard InChI is InChI=1S/C14H22ClNO/c1-4-6-11(3)10-16-13-9-12(15)7-8-14(13)17-5-2/h7-9,11,16H,4-6,10H2,1-3H3. The van der Waals surface area contributed by atoms with Crippen LogP contribution in [0.3, 0.4) is 0 Å². The molecule has 1 aromatic rings.